The van der Waals surface area contributed by atoms with E-state index in [1.165, 1.54) is 44.5 Å². The normalized spacial score (nSPS) is 12.6. The Morgan fingerprint density at radius 3 is 1.16 bits per heavy atom. The van der Waals surface area contributed by atoms with E-state index in [1.807, 2.05) is 48.5 Å². The molecule has 0 fully saturated rings. The van der Waals surface area contributed by atoms with Crippen LogP contribution in [0.15, 0.2) is 97.1 Å². The van der Waals surface area contributed by atoms with Gasteiger partial charge in [-0.3, -0.25) is 0 Å². The fourth-order valence-corrected chi connectivity index (χ4v) is 6.98. The number of carbonyl (C=O) groups excluding carboxylic acids is 2. The van der Waals surface area contributed by atoms with Crippen molar-refractivity contribution in [3.63, 3.8) is 0 Å². The lowest BCUT2D eigenvalue weighted by Crippen LogP contribution is -2.33. The summed E-state index contributed by atoms with van der Waals surface area (Å²) >= 11 is 10.8. The Kier molecular flexibility index (Phi) is 11.5. The fourth-order valence-electron chi connectivity index (χ4n) is 6.58. The van der Waals surface area contributed by atoms with E-state index in [2.05, 4.69) is 69.8 Å². The monoisotopic (exact) mass is 692 g/mol. The number of fused-ring (bicyclic) bond motifs is 6. The maximum Gasteiger partial charge on any atom is 0.407 e. The number of rotatable bonds is 14. The molecule has 10 heteroatoms. The number of thiocarbonyl (C=S) groups is 2. The fraction of sp³-hybridized carbons (Fsp3) is 0.282. The second kappa shape index (κ2) is 16.5. The number of hydrogen-bond donors (Lipinski definition) is 4. The zero-order valence-electron chi connectivity index (χ0n) is 27.2. The Morgan fingerprint density at radius 2 is 0.816 bits per heavy atom. The van der Waals surface area contributed by atoms with Crippen LogP contribution in [-0.2, 0) is 9.47 Å². The van der Waals surface area contributed by atoms with Crippen molar-refractivity contribution in [2.45, 2.75) is 31.1 Å². The molecule has 0 heterocycles. The Bertz CT molecular complexity index is 1610. The minimum absolute atomic E-state index is 0.0278. The highest BCUT2D eigenvalue weighted by molar-refractivity contribution is 7.80. The highest BCUT2D eigenvalue weighted by Gasteiger charge is 2.30. The second-order valence-corrected chi connectivity index (χ2v) is 13.0. The van der Waals surface area contributed by atoms with Crippen molar-refractivity contribution >= 4 is 46.6 Å². The lowest BCUT2D eigenvalue weighted by molar-refractivity contribution is 0.142. The number of benzene rings is 4. The molecule has 2 amide bonds. The number of amides is 2. The largest absolute Gasteiger partial charge is 0.449 e. The van der Waals surface area contributed by atoms with E-state index in [0.29, 0.717) is 49.0 Å². The van der Waals surface area contributed by atoms with E-state index in [0.717, 1.165) is 6.42 Å². The van der Waals surface area contributed by atoms with Gasteiger partial charge in [0, 0.05) is 50.9 Å². The Balaban J connectivity index is 0.788. The number of nitrogens with one attached hydrogen (secondary N) is 4. The Morgan fingerprint density at radius 1 is 0.490 bits per heavy atom. The van der Waals surface area contributed by atoms with Gasteiger partial charge in [0.25, 0.3) is 0 Å². The van der Waals surface area contributed by atoms with Crippen molar-refractivity contribution in [1.82, 2.24) is 21.3 Å². The van der Waals surface area contributed by atoms with Crippen LogP contribution in [0.5, 0.6) is 0 Å². The van der Waals surface area contributed by atoms with Crippen LogP contribution in [0.1, 0.15) is 53.4 Å². The summed E-state index contributed by atoms with van der Waals surface area (Å²) in [4.78, 5) is 26.2. The number of carbonyl (C=O) groups is 2. The molecular formula is C39H40N4O4S2. The summed E-state index contributed by atoms with van der Waals surface area (Å²) in [7, 11) is 0. The molecule has 0 atom stereocenters. The van der Waals surface area contributed by atoms with Gasteiger partial charge in [-0.15, -0.1) is 0 Å². The highest BCUT2D eigenvalue weighted by Crippen LogP contribution is 2.45. The van der Waals surface area contributed by atoms with E-state index in [-0.39, 0.29) is 25.0 Å². The molecule has 2 aliphatic rings. The minimum Gasteiger partial charge on any atom is -0.449 e. The van der Waals surface area contributed by atoms with Crippen LogP contribution in [0, 0.1) is 0 Å². The molecule has 0 aliphatic heterocycles. The summed E-state index contributed by atoms with van der Waals surface area (Å²) in [6.45, 7) is 2.70. The average molecular weight is 693 g/mol. The SMILES string of the molecule is O=C(NCCC(=S)NCCCNC(=S)CCNC(=O)OCC1c2ccccc2-c2ccccc21)OCC1c2ccccc2-c2ccccc21. The summed E-state index contributed by atoms with van der Waals surface area (Å²) in [6.07, 6.45) is 0.950. The number of hydrogen-bond acceptors (Lipinski definition) is 6. The van der Waals surface area contributed by atoms with E-state index < -0.39 is 12.2 Å². The van der Waals surface area contributed by atoms with Crippen molar-refractivity contribution in [2.24, 2.45) is 0 Å². The van der Waals surface area contributed by atoms with Crippen molar-refractivity contribution in [2.75, 3.05) is 39.4 Å². The van der Waals surface area contributed by atoms with Gasteiger partial charge in [-0.1, -0.05) is 121 Å². The van der Waals surface area contributed by atoms with Gasteiger partial charge in [0.2, 0.25) is 0 Å². The molecule has 4 aromatic rings. The first-order valence-corrected chi connectivity index (χ1v) is 17.5. The van der Waals surface area contributed by atoms with Crippen molar-refractivity contribution in [3.8, 4) is 22.3 Å². The van der Waals surface area contributed by atoms with Crippen LogP contribution in [0.2, 0.25) is 0 Å². The van der Waals surface area contributed by atoms with Crippen LogP contribution in [-0.4, -0.2) is 61.6 Å². The Labute approximate surface area is 298 Å². The molecule has 49 heavy (non-hydrogen) atoms. The third-order valence-corrected chi connectivity index (χ3v) is 9.62. The van der Waals surface area contributed by atoms with E-state index >= 15 is 0 Å². The first-order chi connectivity index (χ1) is 24.0. The molecule has 4 aromatic carbocycles. The predicted molar refractivity (Wildman–Crippen MR) is 201 cm³/mol. The lowest BCUT2D eigenvalue weighted by Gasteiger charge is -2.15. The maximum absolute atomic E-state index is 12.4. The topological polar surface area (TPSA) is 101 Å². The summed E-state index contributed by atoms with van der Waals surface area (Å²) in [5.41, 5.74) is 9.52. The molecule has 0 radical (unpaired) electrons. The number of alkyl carbamates (subject to hydrolysis) is 2. The van der Waals surface area contributed by atoms with Crippen LogP contribution < -0.4 is 21.3 Å². The van der Waals surface area contributed by atoms with Crippen LogP contribution in [0.4, 0.5) is 9.59 Å². The maximum atomic E-state index is 12.4. The van der Waals surface area contributed by atoms with Crippen LogP contribution in [0.25, 0.3) is 22.3 Å². The molecule has 0 saturated carbocycles. The first-order valence-electron chi connectivity index (χ1n) is 16.7. The van der Waals surface area contributed by atoms with Gasteiger partial charge in [-0.25, -0.2) is 9.59 Å². The van der Waals surface area contributed by atoms with Gasteiger partial charge < -0.3 is 30.7 Å². The molecule has 0 bridgehead atoms. The second-order valence-electron chi connectivity index (χ2n) is 12.1. The summed E-state index contributed by atoms with van der Waals surface area (Å²) in [5.74, 6) is 0.0555. The van der Waals surface area contributed by atoms with Gasteiger partial charge >= 0.3 is 12.2 Å². The van der Waals surface area contributed by atoms with E-state index in [4.69, 9.17) is 33.9 Å². The van der Waals surface area contributed by atoms with E-state index in [9.17, 15) is 9.59 Å². The quantitative estimate of drug-likeness (QED) is 0.0823. The summed E-state index contributed by atoms with van der Waals surface area (Å²) in [6, 6.07) is 33.1. The third kappa shape index (κ3) is 8.44. The zero-order valence-corrected chi connectivity index (χ0v) is 28.8. The number of ether oxygens (including phenoxy) is 2. The summed E-state index contributed by atoms with van der Waals surface area (Å²) < 4.78 is 11.2. The molecular weight excluding hydrogens is 653 g/mol. The third-order valence-electron chi connectivity index (χ3n) is 8.93. The van der Waals surface area contributed by atoms with Gasteiger partial charge in [-0.05, 0) is 50.9 Å². The van der Waals surface area contributed by atoms with Gasteiger partial charge in [0.1, 0.15) is 13.2 Å². The van der Waals surface area contributed by atoms with Gasteiger partial charge in [0.05, 0.1) is 9.98 Å². The van der Waals surface area contributed by atoms with Crippen molar-refractivity contribution in [1.29, 1.82) is 0 Å². The van der Waals surface area contributed by atoms with E-state index in [1.54, 1.807) is 0 Å². The van der Waals surface area contributed by atoms with Gasteiger partial charge in [-0.2, -0.15) is 0 Å². The van der Waals surface area contributed by atoms with Gasteiger partial charge in [0.15, 0.2) is 0 Å². The minimum atomic E-state index is -0.449. The molecule has 252 valence electrons. The summed E-state index contributed by atoms with van der Waals surface area (Å²) in [5, 5.41) is 12.0. The van der Waals surface area contributed by atoms with Crippen LogP contribution in [0.3, 0.4) is 0 Å². The molecule has 6 rings (SSSR count). The molecule has 8 nitrogen and oxygen atoms in total. The zero-order chi connectivity index (χ0) is 34.0. The smallest absolute Gasteiger partial charge is 0.407 e. The lowest BCUT2D eigenvalue weighted by atomic mass is 9.98. The first kappa shape index (κ1) is 34.1. The molecule has 0 aromatic heterocycles. The molecule has 0 unspecified atom stereocenters. The average Bonchev–Trinajstić information content (AvgIpc) is 3.62. The van der Waals surface area contributed by atoms with Crippen molar-refractivity contribution in [3.05, 3.63) is 119 Å². The molecule has 4 N–H and O–H groups in total. The highest BCUT2D eigenvalue weighted by atomic mass is 32.1. The Hall–Kier alpha value is -4.80. The molecule has 0 saturated heterocycles. The predicted octanol–water partition coefficient (Wildman–Crippen LogP) is 7.07. The van der Waals surface area contributed by atoms with Crippen molar-refractivity contribution < 1.29 is 19.1 Å². The van der Waals surface area contributed by atoms with Crippen LogP contribution >= 0.6 is 24.4 Å². The standard InChI is InChI=1S/C39H40N4O4S2/c44-38(46-24-34-30-14-5-1-10-26(30)27-11-2-6-15-31(27)34)42-22-18-36(48)40-20-9-21-41-37(49)19-23-43-39(45)47-25-35-32-16-7-3-12-28(32)29-13-4-8-17-33(29)35/h1-8,10-17,34-35H,9,18-25H2,(H,40,48)(H,41,49)(H,42,44)(H,43,45). The molecule has 0 spiro atoms. The molecule has 2 aliphatic carbocycles.